The first kappa shape index (κ1) is 17.0. The van der Waals surface area contributed by atoms with E-state index in [0.29, 0.717) is 0 Å². The Balaban J connectivity index is 0.000000882. The fourth-order valence-electron chi connectivity index (χ4n) is 3.06. The molecule has 0 aliphatic carbocycles. The van der Waals surface area contributed by atoms with Gasteiger partial charge in [0.25, 0.3) is 0 Å². The maximum atomic E-state index is 5.56. The third-order valence-electron chi connectivity index (χ3n) is 4.10. The highest BCUT2D eigenvalue weighted by atomic mass is 35.5. The third-order valence-corrected chi connectivity index (χ3v) is 4.10. The van der Waals surface area contributed by atoms with Crippen molar-refractivity contribution in [3.05, 3.63) is 53.1 Å². The number of hydrogen-bond acceptors (Lipinski definition) is 4. The molecular formula is C16H19Cl2N3O. The van der Waals surface area contributed by atoms with Crippen LogP contribution in [0.3, 0.4) is 0 Å². The highest BCUT2D eigenvalue weighted by Gasteiger charge is 2.18. The molecule has 0 spiro atoms. The van der Waals surface area contributed by atoms with Crippen molar-refractivity contribution in [3.63, 3.8) is 0 Å². The molecular weight excluding hydrogens is 321 g/mol. The minimum absolute atomic E-state index is 0. The molecule has 0 bridgehead atoms. The van der Waals surface area contributed by atoms with Gasteiger partial charge < -0.3 is 4.74 Å². The van der Waals surface area contributed by atoms with E-state index in [-0.39, 0.29) is 24.8 Å². The molecule has 0 saturated carbocycles. The molecule has 4 rings (SSSR count). The lowest BCUT2D eigenvalue weighted by Gasteiger charge is -2.27. The summed E-state index contributed by atoms with van der Waals surface area (Å²) < 4.78 is 5.56. The van der Waals surface area contributed by atoms with E-state index >= 15 is 0 Å². The zero-order chi connectivity index (χ0) is 13.4. The van der Waals surface area contributed by atoms with Gasteiger partial charge in [0.05, 0.1) is 6.61 Å². The van der Waals surface area contributed by atoms with Gasteiger partial charge >= 0.3 is 0 Å². The Morgan fingerprint density at radius 2 is 2.05 bits per heavy atom. The van der Waals surface area contributed by atoms with Crippen LogP contribution < -0.4 is 4.74 Å². The second kappa shape index (κ2) is 7.27. The van der Waals surface area contributed by atoms with Crippen LogP contribution in [0.25, 0.3) is 0 Å². The SMILES string of the molecule is Cl.Cl.c1ncc2c(n1)CCN(Cc1ccc3c(c1)CCO3)C2. The molecule has 4 nitrogen and oxygen atoms in total. The molecule has 118 valence electrons. The van der Waals surface area contributed by atoms with Crippen molar-refractivity contribution in [2.45, 2.75) is 25.9 Å². The van der Waals surface area contributed by atoms with Crippen LogP contribution in [-0.4, -0.2) is 28.0 Å². The summed E-state index contributed by atoms with van der Waals surface area (Å²) in [7, 11) is 0. The quantitative estimate of drug-likeness (QED) is 0.843. The molecule has 2 aliphatic rings. The van der Waals surface area contributed by atoms with Crippen molar-refractivity contribution in [2.75, 3.05) is 13.2 Å². The van der Waals surface area contributed by atoms with Crippen molar-refractivity contribution in [1.29, 1.82) is 0 Å². The van der Waals surface area contributed by atoms with Crippen LogP contribution in [0.2, 0.25) is 0 Å². The maximum Gasteiger partial charge on any atom is 0.122 e. The Morgan fingerprint density at radius 3 is 2.95 bits per heavy atom. The van der Waals surface area contributed by atoms with Crippen LogP contribution >= 0.6 is 24.8 Å². The highest BCUT2D eigenvalue weighted by molar-refractivity contribution is 5.85. The Kier molecular flexibility index (Phi) is 5.62. The summed E-state index contributed by atoms with van der Waals surface area (Å²) in [5.41, 5.74) is 5.19. The lowest BCUT2D eigenvalue weighted by Crippen LogP contribution is -2.30. The smallest absolute Gasteiger partial charge is 0.122 e. The van der Waals surface area contributed by atoms with Crippen LogP contribution in [0, 0.1) is 0 Å². The van der Waals surface area contributed by atoms with Crippen LogP contribution in [0.5, 0.6) is 5.75 Å². The van der Waals surface area contributed by atoms with Crippen LogP contribution in [0.4, 0.5) is 0 Å². The van der Waals surface area contributed by atoms with E-state index in [4.69, 9.17) is 4.74 Å². The number of fused-ring (bicyclic) bond motifs is 2. The van der Waals surface area contributed by atoms with Gasteiger partial charge in [0, 0.05) is 49.9 Å². The number of halogens is 2. The van der Waals surface area contributed by atoms with Crippen molar-refractivity contribution >= 4 is 24.8 Å². The van der Waals surface area contributed by atoms with Gasteiger partial charge in [-0.3, -0.25) is 4.90 Å². The van der Waals surface area contributed by atoms with Crippen LogP contribution in [0.15, 0.2) is 30.7 Å². The molecule has 0 atom stereocenters. The van der Waals surface area contributed by atoms with Gasteiger partial charge in [-0.05, 0) is 17.2 Å². The fourth-order valence-corrected chi connectivity index (χ4v) is 3.06. The third kappa shape index (κ3) is 3.35. The van der Waals surface area contributed by atoms with Crippen molar-refractivity contribution in [2.24, 2.45) is 0 Å². The minimum Gasteiger partial charge on any atom is -0.493 e. The van der Waals surface area contributed by atoms with E-state index in [9.17, 15) is 0 Å². The fraction of sp³-hybridized carbons (Fsp3) is 0.375. The van der Waals surface area contributed by atoms with E-state index in [0.717, 1.165) is 44.8 Å². The first-order valence-corrected chi connectivity index (χ1v) is 7.13. The van der Waals surface area contributed by atoms with E-state index in [1.807, 2.05) is 6.20 Å². The summed E-state index contributed by atoms with van der Waals surface area (Å²) in [5, 5.41) is 0. The second-order valence-electron chi connectivity index (χ2n) is 5.50. The Hall–Kier alpha value is -1.36. The average Bonchev–Trinajstić information content (AvgIpc) is 2.95. The average molecular weight is 340 g/mol. The highest BCUT2D eigenvalue weighted by Crippen LogP contribution is 2.27. The molecule has 0 N–H and O–H groups in total. The Labute approximate surface area is 142 Å². The lowest BCUT2D eigenvalue weighted by atomic mass is 10.0. The van der Waals surface area contributed by atoms with E-state index in [1.54, 1.807) is 6.33 Å². The molecule has 1 aromatic heterocycles. The summed E-state index contributed by atoms with van der Waals surface area (Å²) in [6.45, 7) is 3.83. The lowest BCUT2D eigenvalue weighted by molar-refractivity contribution is 0.243. The molecule has 6 heteroatoms. The van der Waals surface area contributed by atoms with Crippen molar-refractivity contribution < 1.29 is 4.74 Å². The second-order valence-corrected chi connectivity index (χ2v) is 5.50. The van der Waals surface area contributed by atoms with E-state index < -0.39 is 0 Å². The van der Waals surface area contributed by atoms with Gasteiger partial charge in [-0.15, -0.1) is 24.8 Å². The molecule has 0 saturated heterocycles. The zero-order valence-corrected chi connectivity index (χ0v) is 13.8. The standard InChI is InChI=1S/C16H17N3O.2ClH/c1-2-16-13(4-6-20-16)7-12(1)9-19-5-3-15-14(10-19)8-17-11-18-15;;/h1-2,7-8,11H,3-6,9-10H2;2*1H. The van der Waals surface area contributed by atoms with E-state index in [2.05, 4.69) is 33.1 Å². The molecule has 3 heterocycles. The van der Waals surface area contributed by atoms with Gasteiger partial charge in [-0.1, -0.05) is 12.1 Å². The molecule has 1 aromatic carbocycles. The van der Waals surface area contributed by atoms with Gasteiger partial charge in [0.2, 0.25) is 0 Å². The number of ether oxygens (including phenoxy) is 1. The normalized spacial score (nSPS) is 15.8. The predicted molar refractivity (Wildman–Crippen MR) is 90.0 cm³/mol. The summed E-state index contributed by atoms with van der Waals surface area (Å²) in [4.78, 5) is 10.9. The van der Waals surface area contributed by atoms with Crippen molar-refractivity contribution in [3.8, 4) is 5.75 Å². The Bertz CT molecular complexity index is 651. The molecule has 0 unspecified atom stereocenters. The first-order chi connectivity index (χ1) is 9.88. The number of rotatable bonds is 2. The van der Waals surface area contributed by atoms with Gasteiger partial charge in [-0.2, -0.15) is 0 Å². The number of nitrogens with zero attached hydrogens (tertiary/aromatic N) is 3. The number of aromatic nitrogens is 2. The largest absolute Gasteiger partial charge is 0.493 e. The Morgan fingerprint density at radius 1 is 1.14 bits per heavy atom. The maximum absolute atomic E-state index is 5.56. The van der Waals surface area contributed by atoms with Gasteiger partial charge in [-0.25, -0.2) is 9.97 Å². The molecule has 2 aromatic rings. The summed E-state index contributed by atoms with van der Waals surface area (Å²) in [6, 6.07) is 6.58. The minimum atomic E-state index is 0. The molecule has 22 heavy (non-hydrogen) atoms. The number of hydrogen-bond donors (Lipinski definition) is 0. The molecule has 0 fully saturated rings. The summed E-state index contributed by atoms with van der Waals surface area (Å²) >= 11 is 0. The van der Waals surface area contributed by atoms with Gasteiger partial charge in [0.15, 0.2) is 0 Å². The molecule has 0 radical (unpaired) electrons. The monoisotopic (exact) mass is 339 g/mol. The van der Waals surface area contributed by atoms with Crippen molar-refractivity contribution in [1.82, 2.24) is 14.9 Å². The zero-order valence-electron chi connectivity index (χ0n) is 12.2. The molecule has 2 aliphatic heterocycles. The van der Waals surface area contributed by atoms with E-state index in [1.165, 1.54) is 22.4 Å². The van der Waals surface area contributed by atoms with Gasteiger partial charge in [0.1, 0.15) is 12.1 Å². The predicted octanol–water partition coefficient (Wildman–Crippen LogP) is 2.81. The summed E-state index contributed by atoms with van der Waals surface area (Å²) in [6.07, 6.45) is 5.66. The topological polar surface area (TPSA) is 38.2 Å². The molecule has 0 amide bonds. The number of benzene rings is 1. The van der Waals surface area contributed by atoms with Crippen LogP contribution in [-0.2, 0) is 25.9 Å². The first-order valence-electron chi connectivity index (χ1n) is 7.13. The van der Waals surface area contributed by atoms with Crippen LogP contribution in [0.1, 0.15) is 22.4 Å². The summed E-state index contributed by atoms with van der Waals surface area (Å²) in [5.74, 6) is 1.06.